The van der Waals surface area contributed by atoms with E-state index in [9.17, 15) is 13.2 Å². The van der Waals surface area contributed by atoms with Crippen molar-refractivity contribution in [2.75, 3.05) is 23.8 Å². The summed E-state index contributed by atoms with van der Waals surface area (Å²) in [6.07, 6.45) is 0.463. The molecule has 1 saturated heterocycles. The lowest BCUT2D eigenvalue weighted by Gasteiger charge is -2.09. The van der Waals surface area contributed by atoms with Gasteiger partial charge in [0.1, 0.15) is 0 Å². The van der Waals surface area contributed by atoms with Gasteiger partial charge >= 0.3 is 0 Å². The first-order valence-corrected chi connectivity index (χ1v) is 10.1. The van der Waals surface area contributed by atoms with E-state index in [0.717, 1.165) is 11.5 Å². The number of rotatable bonds is 6. The molecule has 0 bridgehead atoms. The summed E-state index contributed by atoms with van der Waals surface area (Å²) in [5, 5.41) is 2.83. The molecule has 1 aliphatic rings. The van der Waals surface area contributed by atoms with E-state index in [0.29, 0.717) is 13.0 Å². The Kier molecular flexibility index (Phi) is 5.70. The van der Waals surface area contributed by atoms with E-state index in [1.807, 2.05) is 0 Å². The van der Waals surface area contributed by atoms with E-state index in [1.54, 1.807) is 11.8 Å². The number of nitrogens with one attached hydrogen (secondary N) is 1. The Hall–Kier alpha value is -1.01. The Morgan fingerprint density at radius 1 is 1.33 bits per heavy atom. The molecule has 1 aromatic carbocycles. The number of amides is 1. The number of carbonyl (C=O) groups excluding carboxylic acids is 1. The summed E-state index contributed by atoms with van der Waals surface area (Å²) in [6, 6.07) is 8.42. The van der Waals surface area contributed by atoms with Gasteiger partial charge in [-0.15, -0.1) is 0 Å². The fourth-order valence-electron chi connectivity index (χ4n) is 2.27. The molecule has 1 amide bonds. The van der Waals surface area contributed by atoms with Crippen LogP contribution in [0.15, 0.2) is 24.3 Å². The van der Waals surface area contributed by atoms with Crippen molar-refractivity contribution in [2.45, 2.75) is 19.1 Å². The van der Waals surface area contributed by atoms with Gasteiger partial charge in [0, 0.05) is 18.1 Å². The van der Waals surface area contributed by atoms with Crippen molar-refractivity contribution < 1.29 is 13.2 Å². The molecule has 0 radical (unpaired) electrons. The summed E-state index contributed by atoms with van der Waals surface area (Å²) in [7, 11) is -2.98. The van der Waals surface area contributed by atoms with Gasteiger partial charge < -0.3 is 5.32 Å². The number of benzene rings is 1. The van der Waals surface area contributed by atoms with E-state index in [-0.39, 0.29) is 23.3 Å². The van der Waals surface area contributed by atoms with E-state index < -0.39 is 9.84 Å². The van der Waals surface area contributed by atoms with Crippen LogP contribution in [0.4, 0.5) is 0 Å². The molecule has 1 aliphatic heterocycles. The van der Waals surface area contributed by atoms with Crippen LogP contribution in [0.25, 0.3) is 0 Å². The van der Waals surface area contributed by atoms with Crippen molar-refractivity contribution in [1.82, 2.24) is 5.32 Å². The molecule has 0 unspecified atom stereocenters. The van der Waals surface area contributed by atoms with Gasteiger partial charge in [0.05, 0.1) is 17.4 Å². The summed E-state index contributed by atoms with van der Waals surface area (Å²) in [5.74, 6) is 1.44. The second-order valence-electron chi connectivity index (χ2n) is 5.43. The second-order valence-corrected chi connectivity index (χ2v) is 8.76. The molecule has 1 heterocycles. The first-order valence-electron chi connectivity index (χ1n) is 7.08. The fourth-order valence-corrected chi connectivity index (χ4v) is 4.83. The third-order valence-corrected chi connectivity index (χ3v) is 6.34. The maximum atomic E-state index is 11.8. The van der Waals surface area contributed by atoms with Gasteiger partial charge in [0.2, 0.25) is 5.91 Å². The Morgan fingerprint density at radius 3 is 2.67 bits per heavy atom. The van der Waals surface area contributed by atoms with E-state index in [2.05, 4.69) is 36.5 Å². The SMILES string of the molecule is Cc1ccc(CSCCNC(=O)[C@@H]2CCS(=O)(=O)C2)cc1. The van der Waals surface area contributed by atoms with Crippen LogP contribution in [0.5, 0.6) is 0 Å². The molecule has 1 fully saturated rings. The highest BCUT2D eigenvalue weighted by Crippen LogP contribution is 2.18. The summed E-state index contributed by atoms with van der Waals surface area (Å²) in [5.41, 5.74) is 2.53. The number of hydrogen-bond acceptors (Lipinski definition) is 4. The smallest absolute Gasteiger partial charge is 0.224 e. The Labute approximate surface area is 130 Å². The Balaban J connectivity index is 1.61. The van der Waals surface area contributed by atoms with Crippen LogP contribution in [0, 0.1) is 12.8 Å². The second kappa shape index (κ2) is 7.31. The van der Waals surface area contributed by atoms with Crippen molar-refractivity contribution in [3.8, 4) is 0 Å². The average molecular weight is 327 g/mol. The van der Waals surface area contributed by atoms with Crippen molar-refractivity contribution in [3.05, 3.63) is 35.4 Å². The number of thioether (sulfide) groups is 1. The van der Waals surface area contributed by atoms with Gasteiger partial charge in [-0.2, -0.15) is 11.8 Å². The zero-order chi connectivity index (χ0) is 15.3. The van der Waals surface area contributed by atoms with E-state index in [1.165, 1.54) is 11.1 Å². The van der Waals surface area contributed by atoms with Crippen LogP contribution < -0.4 is 5.32 Å². The molecule has 116 valence electrons. The predicted molar refractivity (Wildman–Crippen MR) is 87.1 cm³/mol. The minimum Gasteiger partial charge on any atom is -0.355 e. The fraction of sp³-hybridized carbons (Fsp3) is 0.533. The van der Waals surface area contributed by atoms with Crippen molar-refractivity contribution >= 4 is 27.5 Å². The summed E-state index contributed by atoms with van der Waals surface area (Å²) < 4.78 is 22.6. The predicted octanol–water partition coefficient (Wildman–Crippen LogP) is 1.78. The molecule has 21 heavy (non-hydrogen) atoms. The third-order valence-electron chi connectivity index (χ3n) is 3.54. The number of aryl methyl sites for hydroxylation is 1. The topological polar surface area (TPSA) is 63.2 Å². The quantitative estimate of drug-likeness (QED) is 0.809. The minimum absolute atomic E-state index is 0.00927. The highest BCUT2D eigenvalue weighted by Gasteiger charge is 2.32. The Bertz CT molecular complexity index is 581. The summed E-state index contributed by atoms with van der Waals surface area (Å²) in [6.45, 7) is 2.65. The summed E-state index contributed by atoms with van der Waals surface area (Å²) in [4.78, 5) is 11.8. The van der Waals surface area contributed by atoms with Crippen LogP contribution in [-0.4, -0.2) is 38.1 Å². The molecular weight excluding hydrogens is 306 g/mol. The molecule has 1 atom stereocenters. The lowest BCUT2D eigenvalue weighted by atomic mass is 10.1. The zero-order valence-electron chi connectivity index (χ0n) is 12.2. The molecule has 0 saturated carbocycles. The molecule has 6 heteroatoms. The Morgan fingerprint density at radius 2 is 2.05 bits per heavy atom. The van der Waals surface area contributed by atoms with Gasteiger partial charge in [0.15, 0.2) is 9.84 Å². The lowest BCUT2D eigenvalue weighted by molar-refractivity contribution is -0.124. The monoisotopic (exact) mass is 327 g/mol. The standard InChI is InChI=1S/C15H21NO3S2/c1-12-2-4-13(5-3-12)10-20-8-7-16-15(17)14-6-9-21(18,19)11-14/h2-5,14H,6-11H2,1H3,(H,16,17)/t14-/m1/s1. The first kappa shape index (κ1) is 16.4. The molecule has 1 N–H and O–H groups in total. The van der Waals surface area contributed by atoms with E-state index in [4.69, 9.17) is 0 Å². The van der Waals surface area contributed by atoms with Crippen LogP contribution >= 0.6 is 11.8 Å². The number of sulfone groups is 1. The molecule has 0 aliphatic carbocycles. The van der Waals surface area contributed by atoms with E-state index >= 15 is 0 Å². The van der Waals surface area contributed by atoms with Gasteiger partial charge in [-0.05, 0) is 18.9 Å². The summed E-state index contributed by atoms with van der Waals surface area (Å²) >= 11 is 1.76. The van der Waals surface area contributed by atoms with Crippen LogP contribution in [-0.2, 0) is 20.4 Å². The van der Waals surface area contributed by atoms with Crippen molar-refractivity contribution in [1.29, 1.82) is 0 Å². The molecule has 0 aromatic heterocycles. The highest BCUT2D eigenvalue weighted by molar-refractivity contribution is 7.98. The number of hydrogen-bond donors (Lipinski definition) is 1. The molecular formula is C15H21NO3S2. The molecule has 4 nitrogen and oxygen atoms in total. The highest BCUT2D eigenvalue weighted by atomic mass is 32.2. The molecule has 2 rings (SSSR count). The lowest BCUT2D eigenvalue weighted by Crippen LogP contribution is -2.32. The largest absolute Gasteiger partial charge is 0.355 e. The van der Waals surface area contributed by atoms with Crippen LogP contribution in [0.3, 0.4) is 0 Å². The van der Waals surface area contributed by atoms with Crippen LogP contribution in [0.1, 0.15) is 17.5 Å². The first-order chi connectivity index (χ1) is 9.96. The van der Waals surface area contributed by atoms with Crippen molar-refractivity contribution in [3.63, 3.8) is 0 Å². The minimum atomic E-state index is -2.98. The number of carbonyl (C=O) groups is 1. The molecule has 0 spiro atoms. The zero-order valence-corrected chi connectivity index (χ0v) is 13.8. The van der Waals surface area contributed by atoms with Crippen LogP contribution in [0.2, 0.25) is 0 Å². The maximum absolute atomic E-state index is 11.8. The van der Waals surface area contributed by atoms with Gasteiger partial charge in [-0.1, -0.05) is 29.8 Å². The third kappa shape index (κ3) is 5.36. The average Bonchev–Trinajstić information content (AvgIpc) is 2.81. The normalized spacial score (nSPS) is 20.3. The van der Waals surface area contributed by atoms with Gasteiger partial charge in [-0.3, -0.25) is 4.79 Å². The van der Waals surface area contributed by atoms with Gasteiger partial charge in [0.25, 0.3) is 0 Å². The maximum Gasteiger partial charge on any atom is 0.224 e. The molecule has 1 aromatic rings. The van der Waals surface area contributed by atoms with Crippen molar-refractivity contribution in [2.24, 2.45) is 5.92 Å². The van der Waals surface area contributed by atoms with Gasteiger partial charge in [-0.25, -0.2) is 8.42 Å².